The third-order valence-corrected chi connectivity index (χ3v) is 2.72. The van der Waals surface area contributed by atoms with E-state index in [-0.39, 0.29) is 11.6 Å². The molecule has 0 bridgehead atoms. The highest BCUT2D eigenvalue weighted by Gasteiger charge is 1.99. The number of unbranched alkanes of at least 4 members (excludes halogenated alkanes) is 1. The zero-order valence-electron chi connectivity index (χ0n) is 9.84. The van der Waals surface area contributed by atoms with Crippen molar-refractivity contribution in [2.75, 3.05) is 6.61 Å². The van der Waals surface area contributed by atoms with Gasteiger partial charge in [0, 0.05) is 17.5 Å². The molecule has 2 nitrogen and oxygen atoms in total. The number of ketones is 1. The van der Waals surface area contributed by atoms with Crippen molar-refractivity contribution in [2.24, 2.45) is 0 Å². The summed E-state index contributed by atoms with van der Waals surface area (Å²) in [7, 11) is 0. The Labute approximate surface area is 109 Å². The van der Waals surface area contributed by atoms with Crippen molar-refractivity contribution in [3.05, 3.63) is 34.1 Å². The summed E-state index contributed by atoms with van der Waals surface area (Å²) < 4.78 is 19.2. The third kappa shape index (κ3) is 6.54. The van der Waals surface area contributed by atoms with Gasteiger partial charge in [0.2, 0.25) is 0 Å². The first-order valence-corrected chi connectivity index (χ1v) is 6.39. The molecule has 1 aromatic rings. The summed E-state index contributed by atoms with van der Waals surface area (Å²) in [5.41, 5.74) is 0.809. The first-order chi connectivity index (χ1) is 8.08. The summed E-state index contributed by atoms with van der Waals surface area (Å²) in [6.45, 7) is 2.59. The summed E-state index contributed by atoms with van der Waals surface area (Å²) in [4.78, 5) is 10.7. The summed E-state index contributed by atoms with van der Waals surface area (Å²) >= 11 is 3.23. The Hall–Kier alpha value is -0.740. The fourth-order valence-corrected chi connectivity index (χ4v) is 1.98. The Morgan fingerprint density at radius 1 is 1.35 bits per heavy atom. The SMILES string of the molecule is CC(=O)CCCCOCc1cc(F)cc(Br)c1. The van der Waals surface area contributed by atoms with Gasteiger partial charge in [-0.25, -0.2) is 4.39 Å². The molecular formula is C13H16BrFO2. The Bertz CT molecular complexity index is 359. The number of benzene rings is 1. The van der Waals surface area contributed by atoms with Gasteiger partial charge >= 0.3 is 0 Å². The topological polar surface area (TPSA) is 26.3 Å². The molecule has 0 fully saturated rings. The van der Waals surface area contributed by atoms with Crippen molar-refractivity contribution in [3.63, 3.8) is 0 Å². The predicted octanol–water partition coefficient (Wildman–Crippen LogP) is 3.86. The van der Waals surface area contributed by atoms with E-state index in [1.165, 1.54) is 12.1 Å². The summed E-state index contributed by atoms with van der Waals surface area (Å²) in [5, 5.41) is 0. The second-order valence-corrected chi connectivity index (χ2v) is 4.91. The van der Waals surface area contributed by atoms with Gasteiger partial charge in [0.25, 0.3) is 0 Å². The average Bonchev–Trinajstić information content (AvgIpc) is 2.21. The number of halogens is 2. The van der Waals surface area contributed by atoms with Crippen molar-refractivity contribution in [1.29, 1.82) is 0 Å². The van der Waals surface area contributed by atoms with Gasteiger partial charge in [-0.3, -0.25) is 0 Å². The van der Waals surface area contributed by atoms with Gasteiger partial charge in [-0.05, 0) is 43.5 Å². The molecule has 0 amide bonds. The highest BCUT2D eigenvalue weighted by Crippen LogP contribution is 2.15. The largest absolute Gasteiger partial charge is 0.377 e. The molecule has 0 unspecified atom stereocenters. The maximum absolute atomic E-state index is 13.0. The van der Waals surface area contributed by atoms with E-state index < -0.39 is 0 Å². The molecule has 0 saturated carbocycles. The highest BCUT2D eigenvalue weighted by atomic mass is 79.9. The molecule has 0 atom stereocenters. The van der Waals surface area contributed by atoms with Crippen LogP contribution in [-0.2, 0) is 16.1 Å². The summed E-state index contributed by atoms with van der Waals surface area (Å²) in [6, 6.07) is 4.70. The molecule has 0 spiro atoms. The molecule has 0 saturated heterocycles. The second kappa shape index (κ2) is 7.56. The molecule has 94 valence electrons. The van der Waals surface area contributed by atoms with E-state index >= 15 is 0 Å². The number of Topliss-reactive ketones (excluding diaryl/α,β-unsaturated/α-hetero) is 1. The van der Waals surface area contributed by atoms with Crippen molar-refractivity contribution in [1.82, 2.24) is 0 Å². The van der Waals surface area contributed by atoms with Crippen molar-refractivity contribution >= 4 is 21.7 Å². The standard InChI is InChI=1S/C13H16BrFO2/c1-10(16)4-2-3-5-17-9-11-6-12(14)8-13(15)7-11/h6-8H,2-5,9H2,1H3. The van der Waals surface area contributed by atoms with Crippen LogP contribution in [-0.4, -0.2) is 12.4 Å². The smallest absolute Gasteiger partial charge is 0.129 e. The van der Waals surface area contributed by atoms with Crippen LogP contribution in [0.2, 0.25) is 0 Å². The lowest BCUT2D eigenvalue weighted by Gasteiger charge is -2.05. The number of hydrogen-bond acceptors (Lipinski definition) is 2. The number of carbonyl (C=O) groups is 1. The van der Waals surface area contributed by atoms with E-state index in [0.29, 0.717) is 24.1 Å². The third-order valence-electron chi connectivity index (χ3n) is 2.26. The average molecular weight is 303 g/mol. The van der Waals surface area contributed by atoms with Gasteiger partial charge < -0.3 is 9.53 Å². The van der Waals surface area contributed by atoms with E-state index in [1.54, 1.807) is 6.92 Å². The lowest BCUT2D eigenvalue weighted by Crippen LogP contribution is -1.98. The zero-order valence-corrected chi connectivity index (χ0v) is 11.4. The minimum absolute atomic E-state index is 0.207. The van der Waals surface area contributed by atoms with E-state index in [0.717, 1.165) is 18.4 Å². The van der Waals surface area contributed by atoms with Gasteiger partial charge in [0.05, 0.1) is 6.61 Å². The first kappa shape index (κ1) is 14.3. The van der Waals surface area contributed by atoms with Crippen LogP contribution < -0.4 is 0 Å². The fourth-order valence-electron chi connectivity index (χ4n) is 1.46. The van der Waals surface area contributed by atoms with Gasteiger partial charge in [0.15, 0.2) is 0 Å². The van der Waals surface area contributed by atoms with Crippen LogP contribution in [0.5, 0.6) is 0 Å². The Kier molecular flexibility index (Phi) is 6.37. The molecule has 0 aliphatic rings. The lowest BCUT2D eigenvalue weighted by molar-refractivity contribution is -0.117. The summed E-state index contributed by atoms with van der Waals surface area (Å²) in [5.74, 6) is -0.0615. The molecule has 1 rings (SSSR count). The Balaban J connectivity index is 2.20. The molecule has 0 aliphatic carbocycles. The maximum atomic E-state index is 13.0. The highest BCUT2D eigenvalue weighted by molar-refractivity contribution is 9.10. The molecule has 0 radical (unpaired) electrons. The monoisotopic (exact) mass is 302 g/mol. The van der Waals surface area contributed by atoms with Crippen LogP contribution in [0.25, 0.3) is 0 Å². The normalized spacial score (nSPS) is 10.5. The first-order valence-electron chi connectivity index (χ1n) is 5.60. The van der Waals surface area contributed by atoms with E-state index in [9.17, 15) is 9.18 Å². The molecule has 0 heterocycles. The molecule has 0 aliphatic heterocycles. The molecule has 0 aromatic heterocycles. The maximum Gasteiger partial charge on any atom is 0.129 e. The molecule has 17 heavy (non-hydrogen) atoms. The summed E-state index contributed by atoms with van der Waals surface area (Å²) in [6.07, 6.45) is 2.31. The van der Waals surface area contributed by atoms with E-state index in [2.05, 4.69) is 15.9 Å². The number of ether oxygens (including phenoxy) is 1. The van der Waals surface area contributed by atoms with Crippen LogP contribution in [0.4, 0.5) is 4.39 Å². The molecule has 0 N–H and O–H groups in total. The van der Waals surface area contributed by atoms with Crippen LogP contribution in [0.1, 0.15) is 31.7 Å². The van der Waals surface area contributed by atoms with Gasteiger partial charge in [-0.1, -0.05) is 15.9 Å². The fraction of sp³-hybridized carbons (Fsp3) is 0.462. The minimum Gasteiger partial charge on any atom is -0.377 e. The van der Waals surface area contributed by atoms with E-state index in [4.69, 9.17) is 4.74 Å². The zero-order chi connectivity index (χ0) is 12.7. The Morgan fingerprint density at radius 2 is 2.12 bits per heavy atom. The van der Waals surface area contributed by atoms with E-state index in [1.807, 2.05) is 6.07 Å². The van der Waals surface area contributed by atoms with Crippen LogP contribution >= 0.6 is 15.9 Å². The molecule has 4 heteroatoms. The predicted molar refractivity (Wildman–Crippen MR) is 68.3 cm³/mol. The molecule has 1 aromatic carbocycles. The van der Waals surface area contributed by atoms with Crippen LogP contribution in [0.3, 0.4) is 0 Å². The van der Waals surface area contributed by atoms with Crippen molar-refractivity contribution < 1.29 is 13.9 Å². The lowest BCUT2D eigenvalue weighted by atomic mass is 10.2. The second-order valence-electron chi connectivity index (χ2n) is 3.99. The minimum atomic E-state index is -0.269. The number of rotatable bonds is 7. The van der Waals surface area contributed by atoms with Gasteiger partial charge in [0.1, 0.15) is 11.6 Å². The van der Waals surface area contributed by atoms with Crippen molar-refractivity contribution in [2.45, 2.75) is 32.8 Å². The van der Waals surface area contributed by atoms with Gasteiger partial charge in [-0.2, -0.15) is 0 Å². The number of hydrogen-bond donors (Lipinski definition) is 0. The van der Waals surface area contributed by atoms with Crippen LogP contribution in [0.15, 0.2) is 22.7 Å². The van der Waals surface area contributed by atoms with Crippen LogP contribution in [0, 0.1) is 5.82 Å². The van der Waals surface area contributed by atoms with Gasteiger partial charge in [-0.15, -0.1) is 0 Å². The Morgan fingerprint density at radius 3 is 2.76 bits per heavy atom. The molecular weight excluding hydrogens is 287 g/mol. The quantitative estimate of drug-likeness (QED) is 0.715. The van der Waals surface area contributed by atoms with Crippen molar-refractivity contribution in [3.8, 4) is 0 Å². The number of carbonyl (C=O) groups excluding carboxylic acids is 1.